The number of rotatable bonds is 4. The number of benzene rings is 1. The molecule has 0 atom stereocenters. The summed E-state index contributed by atoms with van der Waals surface area (Å²) in [4.78, 5) is 16.7. The van der Waals surface area contributed by atoms with E-state index in [1.807, 2.05) is 13.0 Å². The van der Waals surface area contributed by atoms with Crippen molar-refractivity contribution in [2.75, 3.05) is 0 Å². The molecule has 0 saturated carbocycles. The zero-order chi connectivity index (χ0) is 14.7. The van der Waals surface area contributed by atoms with Gasteiger partial charge in [0.15, 0.2) is 0 Å². The summed E-state index contributed by atoms with van der Waals surface area (Å²) in [5, 5.41) is 9.87. The lowest BCUT2D eigenvalue weighted by Gasteiger charge is -2.07. The third-order valence-corrected chi connectivity index (χ3v) is 4.07. The van der Waals surface area contributed by atoms with Crippen molar-refractivity contribution >= 4 is 17.7 Å². The minimum absolute atomic E-state index is 0.295. The fraction of sp³-hybridized carbons (Fsp3) is 0.250. The van der Waals surface area contributed by atoms with Crippen molar-refractivity contribution in [1.82, 2.24) is 4.98 Å². The number of nitrogens with zero attached hydrogens (tertiary/aromatic N) is 1. The average molecular weight is 287 g/mol. The molecule has 0 saturated heterocycles. The first kappa shape index (κ1) is 14.6. The van der Waals surface area contributed by atoms with Gasteiger partial charge in [-0.3, -0.25) is 0 Å². The Bertz CT molecular complexity index is 653. The number of pyridine rings is 1. The summed E-state index contributed by atoms with van der Waals surface area (Å²) in [5.74, 6) is -0.913. The van der Waals surface area contributed by atoms with Gasteiger partial charge in [0, 0.05) is 10.6 Å². The molecule has 104 valence electrons. The molecule has 20 heavy (non-hydrogen) atoms. The van der Waals surface area contributed by atoms with Gasteiger partial charge in [-0.05, 0) is 55.7 Å². The number of aromatic nitrogens is 1. The molecule has 0 aliphatic carbocycles. The monoisotopic (exact) mass is 287 g/mol. The zero-order valence-electron chi connectivity index (χ0n) is 11.8. The molecule has 0 amide bonds. The minimum Gasteiger partial charge on any atom is -0.478 e. The molecule has 1 aromatic heterocycles. The lowest BCUT2D eigenvalue weighted by molar-refractivity contribution is 0.0696. The van der Waals surface area contributed by atoms with Gasteiger partial charge < -0.3 is 5.11 Å². The SMILES string of the molecule is CCc1cc(C(=O)O)cc(Sc2ccc(C)c(C)c2)n1. The number of hydrogen-bond acceptors (Lipinski definition) is 3. The van der Waals surface area contributed by atoms with Crippen LogP contribution in [0.25, 0.3) is 0 Å². The van der Waals surface area contributed by atoms with E-state index in [1.54, 1.807) is 12.1 Å². The maximum atomic E-state index is 11.1. The topological polar surface area (TPSA) is 50.2 Å². The van der Waals surface area contributed by atoms with Crippen molar-refractivity contribution in [1.29, 1.82) is 0 Å². The number of carboxylic acid groups (broad SMARTS) is 1. The second-order valence-electron chi connectivity index (χ2n) is 4.69. The van der Waals surface area contributed by atoms with Crippen LogP contribution in [0, 0.1) is 13.8 Å². The van der Waals surface area contributed by atoms with Crippen LogP contribution in [0.5, 0.6) is 0 Å². The van der Waals surface area contributed by atoms with Gasteiger partial charge in [0.05, 0.1) is 5.56 Å². The van der Waals surface area contributed by atoms with Gasteiger partial charge in [-0.1, -0.05) is 24.8 Å². The average Bonchev–Trinajstić information content (AvgIpc) is 2.42. The van der Waals surface area contributed by atoms with Gasteiger partial charge in [0.2, 0.25) is 0 Å². The van der Waals surface area contributed by atoms with E-state index >= 15 is 0 Å². The molecule has 0 unspecified atom stereocenters. The second kappa shape index (κ2) is 6.09. The normalized spacial score (nSPS) is 10.6. The lowest BCUT2D eigenvalue weighted by Crippen LogP contribution is -2.00. The van der Waals surface area contributed by atoms with E-state index in [4.69, 9.17) is 5.11 Å². The summed E-state index contributed by atoms with van der Waals surface area (Å²) < 4.78 is 0. The third-order valence-electron chi connectivity index (χ3n) is 3.16. The van der Waals surface area contributed by atoms with Crippen molar-refractivity contribution in [3.05, 3.63) is 52.7 Å². The van der Waals surface area contributed by atoms with E-state index in [-0.39, 0.29) is 0 Å². The molecule has 0 radical (unpaired) electrons. The molecule has 2 aromatic rings. The van der Waals surface area contributed by atoms with Crippen LogP contribution in [-0.2, 0) is 6.42 Å². The Kier molecular flexibility index (Phi) is 4.45. The summed E-state index contributed by atoms with van der Waals surface area (Å²) in [6, 6.07) is 9.46. The molecule has 1 aromatic carbocycles. The van der Waals surface area contributed by atoms with Crippen LogP contribution >= 0.6 is 11.8 Å². The molecule has 0 bridgehead atoms. The Morgan fingerprint density at radius 3 is 2.55 bits per heavy atom. The molecule has 1 heterocycles. The van der Waals surface area contributed by atoms with E-state index in [9.17, 15) is 4.79 Å². The highest BCUT2D eigenvalue weighted by Crippen LogP contribution is 2.28. The smallest absolute Gasteiger partial charge is 0.335 e. The Balaban J connectivity index is 2.34. The fourth-order valence-corrected chi connectivity index (χ4v) is 2.78. The molecule has 2 rings (SSSR count). The highest BCUT2D eigenvalue weighted by molar-refractivity contribution is 7.99. The van der Waals surface area contributed by atoms with Crippen molar-refractivity contribution in [3.63, 3.8) is 0 Å². The molecule has 4 heteroatoms. The molecular formula is C16H17NO2S. The zero-order valence-corrected chi connectivity index (χ0v) is 12.6. The Labute approximate surface area is 123 Å². The predicted octanol–water partition coefficient (Wildman–Crippen LogP) is 4.11. The molecule has 0 spiro atoms. The maximum Gasteiger partial charge on any atom is 0.335 e. The molecule has 1 N–H and O–H groups in total. The lowest BCUT2D eigenvalue weighted by atomic mass is 10.1. The highest BCUT2D eigenvalue weighted by Gasteiger charge is 2.09. The van der Waals surface area contributed by atoms with Gasteiger partial charge in [-0.15, -0.1) is 0 Å². The largest absolute Gasteiger partial charge is 0.478 e. The van der Waals surface area contributed by atoms with E-state index < -0.39 is 5.97 Å². The van der Waals surface area contributed by atoms with Gasteiger partial charge in [0.1, 0.15) is 5.03 Å². The molecule has 0 fully saturated rings. The highest BCUT2D eigenvalue weighted by atomic mass is 32.2. The van der Waals surface area contributed by atoms with Gasteiger partial charge >= 0.3 is 5.97 Å². The molecule has 0 aliphatic rings. The summed E-state index contributed by atoms with van der Waals surface area (Å²) >= 11 is 1.50. The number of aromatic carboxylic acids is 1. The first-order valence-corrected chi connectivity index (χ1v) is 7.30. The van der Waals surface area contributed by atoms with Crippen molar-refractivity contribution < 1.29 is 9.90 Å². The van der Waals surface area contributed by atoms with Crippen LogP contribution < -0.4 is 0 Å². The van der Waals surface area contributed by atoms with Gasteiger partial charge in [0.25, 0.3) is 0 Å². The first-order valence-electron chi connectivity index (χ1n) is 6.49. The Morgan fingerprint density at radius 1 is 1.20 bits per heavy atom. The molecule has 3 nitrogen and oxygen atoms in total. The van der Waals surface area contributed by atoms with E-state index in [0.717, 1.165) is 22.0 Å². The number of carbonyl (C=O) groups is 1. The van der Waals surface area contributed by atoms with Crippen molar-refractivity contribution in [2.45, 2.75) is 37.1 Å². The van der Waals surface area contributed by atoms with Crippen LogP contribution in [0.2, 0.25) is 0 Å². The van der Waals surface area contributed by atoms with Gasteiger partial charge in [-0.2, -0.15) is 0 Å². The van der Waals surface area contributed by atoms with Gasteiger partial charge in [-0.25, -0.2) is 9.78 Å². The van der Waals surface area contributed by atoms with E-state index in [0.29, 0.717) is 5.56 Å². The molecule has 0 aliphatic heterocycles. The van der Waals surface area contributed by atoms with E-state index in [2.05, 4.69) is 31.0 Å². The van der Waals surface area contributed by atoms with Crippen LogP contribution in [-0.4, -0.2) is 16.1 Å². The maximum absolute atomic E-state index is 11.1. The number of hydrogen-bond donors (Lipinski definition) is 1. The van der Waals surface area contributed by atoms with Crippen molar-refractivity contribution in [2.24, 2.45) is 0 Å². The third kappa shape index (κ3) is 3.39. The predicted molar refractivity (Wildman–Crippen MR) is 80.6 cm³/mol. The van der Waals surface area contributed by atoms with Crippen LogP contribution in [0.1, 0.15) is 34.1 Å². The summed E-state index contributed by atoms with van der Waals surface area (Å²) in [7, 11) is 0. The molecular weight excluding hydrogens is 270 g/mol. The number of aryl methyl sites for hydroxylation is 3. The summed E-state index contributed by atoms with van der Waals surface area (Å²) in [6.07, 6.45) is 0.724. The van der Waals surface area contributed by atoms with Crippen molar-refractivity contribution in [3.8, 4) is 0 Å². The van der Waals surface area contributed by atoms with E-state index in [1.165, 1.54) is 22.9 Å². The quantitative estimate of drug-likeness (QED) is 0.919. The standard InChI is InChI=1S/C16H17NO2S/c1-4-13-8-12(16(18)19)9-15(17-13)20-14-6-5-10(2)11(3)7-14/h5-9H,4H2,1-3H3,(H,18,19). The second-order valence-corrected chi connectivity index (χ2v) is 5.79. The summed E-state index contributed by atoms with van der Waals surface area (Å²) in [6.45, 7) is 6.11. The minimum atomic E-state index is -0.913. The number of carboxylic acids is 1. The fourth-order valence-electron chi connectivity index (χ4n) is 1.82. The summed E-state index contributed by atoms with van der Waals surface area (Å²) in [5.41, 5.74) is 3.57. The van der Waals surface area contributed by atoms with Crippen LogP contribution in [0.3, 0.4) is 0 Å². The van der Waals surface area contributed by atoms with Crippen LogP contribution in [0.15, 0.2) is 40.3 Å². The first-order chi connectivity index (χ1) is 9.49. The van der Waals surface area contributed by atoms with Crippen LogP contribution in [0.4, 0.5) is 0 Å². The Hall–Kier alpha value is -1.81. The Morgan fingerprint density at radius 2 is 1.95 bits per heavy atom.